The third-order valence-electron chi connectivity index (χ3n) is 4.46. The number of nitrogens with zero attached hydrogens (tertiary/aromatic N) is 4. The van der Waals surface area contributed by atoms with Crippen LogP contribution in [0.25, 0.3) is 21.6 Å². The van der Waals surface area contributed by atoms with Crippen LogP contribution in [0.3, 0.4) is 0 Å². The number of benzene rings is 2. The van der Waals surface area contributed by atoms with E-state index in [4.69, 9.17) is 9.72 Å². The second kappa shape index (κ2) is 8.75. The Bertz CT molecular complexity index is 1020. The van der Waals surface area contributed by atoms with Gasteiger partial charge in [-0.2, -0.15) is 0 Å². The van der Waals surface area contributed by atoms with Crippen LogP contribution in [0.2, 0.25) is 0 Å². The predicted molar refractivity (Wildman–Crippen MR) is 116 cm³/mol. The maximum atomic E-state index is 5.27. The second-order valence-corrected chi connectivity index (χ2v) is 8.46. The van der Waals surface area contributed by atoms with Crippen molar-refractivity contribution in [3.05, 3.63) is 53.5 Å². The molecule has 0 N–H and O–H groups in total. The zero-order valence-corrected chi connectivity index (χ0v) is 17.6. The Hall–Kier alpha value is -2.38. The van der Waals surface area contributed by atoms with E-state index < -0.39 is 0 Å². The molecule has 0 atom stereocenters. The molecule has 0 unspecified atom stereocenters. The van der Waals surface area contributed by atoms with Gasteiger partial charge in [0.2, 0.25) is 0 Å². The Morgan fingerprint density at radius 1 is 1.07 bits per heavy atom. The third-order valence-corrected chi connectivity index (χ3v) is 6.66. The van der Waals surface area contributed by atoms with E-state index in [9.17, 15) is 0 Å². The maximum absolute atomic E-state index is 5.27. The largest absolute Gasteiger partial charge is 0.497 e. The van der Waals surface area contributed by atoms with E-state index >= 15 is 0 Å². The Balaban J connectivity index is 1.57. The van der Waals surface area contributed by atoms with Crippen LogP contribution in [-0.4, -0.2) is 26.9 Å². The number of methoxy groups -OCH3 is 1. The Labute approximate surface area is 172 Å². The van der Waals surface area contributed by atoms with E-state index in [1.165, 1.54) is 4.70 Å². The van der Waals surface area contributed by atoms with Gasteiger partial charge in [0.15, 0.2) is 11.0 Å². The minimum absolute atomic E-state index is 0.798. The fraction of sp³-hybridized carbons (Fsp3) is 0.286. The summed E-state index contributed by atoms with van der Waals surface area (Å²) in [5.74, 6) is 2.54. The predicted octanol–water partition coefficient (Wildman–Crippen LogP) is 5.66. The number of hydrogen-bond donors (Lipinski definition) is 0. The molecule has 0 radical (unpaired) electrons. The molecule has 4 aromatic rings. The fourth-order valence-corrected chi connectivity index (χ4v) is 4.90. The average Bonchev–Trinajstić information content (AvgIpc) is 3.34. The summed E-state index contributed by atoms with van der Waals surface area (Å²) in [6.45, 7) is 3.11. The van der Waals surface area contributed by atoms with Crippen LogP contribution in [-0.2, 0) is 12.3 Å². The van der Waals surface area contributed by atoms with Gasteiger partial charge in [0, 0.05) is 12.1 Å². The van der Waals surface area contributed by atoms with Crippen LogP contribution in [0.15, 0.2) is 53.7 Å². The number of thioether (sulfide) groups is 1. The lowest BCUT2D eigenvalue weighted by Crippen LogP contribution is -2.02. The summed E-state index contributed by atoms with van der Waals surface area (Å²) in [7, 11) is 1.68. The number of aromatic nitrogens is 4. The zero-order valence-electron chi connectivity index (χ0n) is 16.0. The van der Waals surface area contributed by atoms with Crippen LogP contribution >= 0.6 is 23.1 Å². The highest BCUT2D eigenvalue weighted by molar-refractivity contribution is 7.98. The van der Waals surface area contributed by atoms with Gasteiger partial charge in [-0.3, -0.25) is 0 Å². The second-order valence-electron chi connectivity index (χ2n) is 6.40. The van der Waals surface area contributed by atoms with Crippen molar-refractivity contribution in [2.75, 3.05) is 7.11 Å². The summed E-state index contributed by atoms with van der Waals surface area (Å²) < 4.78 is 8.72. The Morgan fingerprint density at radius 3 is 2.64 bits per heavy atom. The SMILES string of the molecule is CCCCn1c(SCc2nc3ccccc3s2)nnc1-c1ccc(OC)cc1. The topological polar surface area (TPSA) is 52.8 Å². The number of ether oxygens (including phenoxy) is 1. The third kappa shape index (κ3) is 4.05. The summed E-state index contributed by atoms with van der Waals surface area (Å²) in [6.07, 6.45) is 2.22. The number of thiazole rings is 1. The minimum atomic E-state index is 0.798. The van der Waals surface area contributed by atoms with Crippen LogP contribution in [0.5, 0.6) is 5.75 Å². The lowest BCUT2D eigenvalue weighted by atomic mass is 10.2. The molecule has 2 heterocycles. The number of para-hydroxylation sites is 1. The van der Waals surface area contributed by atoms with Gasteiger partial charge < -0.3 is 9.30 Å². The molecule has 0 aliphatic carbocycles. The first kappa shape index (κ1) is 19.0. The van der Waals surface area contributed by atoms with Gasteiger partial charge in [-0.15, -0.1) is 21.5 Å². The molecule has 144 valence electrons. The van der Waals surface area contributed by atoms with Crippen LogP contribution in [0, 0.1) is 0 Å². The molecule has 4 rings (SSSR count). The van der Waals surface area contributed by atoms with Crippen molar-refractivity contribution in [1.82, 2.24) is 19.7 Å². The van der Waals surface area contributed by atoms with Gasteiger partial charge in [-0.25, -0.2) is 4.98 Å². The molecule has 5 nitrogen and oxygen atoms in total. The lowest BCUT2D eigenvalue weighted by Gasteiger charge is -2.09. The summed E-state index contributed by atoms with van der Waals surface area (Å²) in [4.78, 5) is 4.73. The lowest BCUT2D eigenvalue weighted by molar-refractivity contribution is 0.415. The molecule has 2 aromatic heterocycles. The molecular weight excluding hydrogens is 388 g/mol. The highest BCUT2D eigenvalue weighted by Crippen LogP contribution is 2.30. The monoisotopic (exact) mass is 410 g/mol. The van der Waals surface area contributed by atoms with Gasteiger partial charge >= 0.3 is 0 Å². The summed E-state index contributed by atoms with van der Waals surface area (Å²) in [5, 5.41) is 11.0. The van der Waals surface area contributed by atoms with E-state index in [0.29, 0.717) is 0 Å². The van der Waals surface area contributed by atoms with Crippen molar-refractivity contribution in [2.45, 2.75) is 37.2 Å². The van der Waals surface area contributed by atoms with Crippen LogP contribution in [0.4, 0.5) is 0 Å². The number of hydrogen-bond acceptors (Lipinski definition) is 6. The minimum Gasteiger partial charge on any atom is -0.497 e. The van der Waals surface area contributed by atoms with Crippen molar-refractivity contribution < 1.29 is 4.74 Å². The van der Waals surface area contributed by atoms with Crippen molar-refractivity contribution in [2.24, 2.45) is 0 Å². The van der Waals surface area contributed by atoms with Gasteiger partial charge in [0.05, 0.1) is 23.1 Å². The maximum Gasteiger partial charge on any atom is 0.191 e. The molecule has 0 amide bonds. The van der Waals surface area contributed by atoms with Gasteiger partial charge in [-0.05, 0) is 42.8 Å². The van der Waals surface area contributed by atoms with E-state index in [2.05, 4.69) is 39.9 Å². The number of fused-ring (bicyclic) bond motifs is 1. The molecule has 28 heavy (non-hydrogen) atoms. The molecule has 0 aliphatic rings. The highest BCUT2D eigenvalue weighted by atomic mass is 32.2. The molecular formula is C21H22N4OS2. The van der Waals surface area contributed by atoms with Crippen molar-refractivity contribution in [3.63, 3.8) is 0 Å². The fourth-order valence-electron chi connectivity index (χ4n) is 2.97. The Morgan fingerprint density at radius 2 is 1.89 bits per heavy atom. The first-order valence-corrected chi connectivity index (χ1v) is 11.1. The average molecular weight is 411 g/mol. The smallest absolute Gasteiger partial charge is 0.191 e. The molecule has 0 saturated carbocycles. The van der Waals surface area contributed by atoms with E-state index in [1.54, 1.807) is 30.2 Å². The molecule has 7 heteroatoms. The molecule has 0 fully saturated rings. The standard InChI is InChI=1S/C21H22N4OS2/c1-3-4-13-25-20(15-9-11-16(26-2)12-10-15)23-24-21(25)27-14-19-22-17-7-5-6-8-18(17)28-19/h5-12H,3-4,13-14H2,1-2H3. The molecule has 0 saturated heterocycles. The summed E-state index contributed by atoms with van der Waals surface area (Å²) in [5.41, 5.74) is 2.12. The summed E-state index contributed by atoms with van der Waals surface area (Å²) >= 11 is 3.45. The molecule has 0 aliphatic heterocycles. The van der Waals surface area contributed by atoms with Crippen LogP contribution < -0.4 is 4.74 Å². The highest BCUT2D eigenvalue weighted by Gasteiger charge is 2.15. The van der Waals surface area contributed by atoms with Gasteiger partial charge in [0.25, 0.3) is 0 Å². The molecule has 2 aromatic carbocycles. The first-order valence-electron chi connectivity index (χ1n) is 9.33. The quantitative estimate of drug-likeness (QED) is 0.351. The zero-order chi connectivity index (χ0) is 19.3. The molecule has 0 bridgehead atoms. The van der Waals surface area contributed by atoms with Crippen molar-refractivity contribution in [3.8, 4) is 17.1 Å². The van der Waals surface area contributed by atoms with Crippen molar-refractivity contribution in [1.29, 1.82) is 0 Å². The van der Waals surface area contributed by atoms with Crippen LogP contribution in [0.1, 0.15) is 24.8 Å². The normalized spacial score (nSPS) is 11.2. The first-order chi connectivity index (χ1) is 13.8. The Kier molecular flexibility index (Phi) is 5.92. The van der Waals surface area contributed by atoms with E-state index in [0.717, 1.165) is 58.0 Å². The number of rotatable bonds is 8. The molecule has 0 spiro atoms. The van der Waals surface area contributed by atoms with Gasteiger partial charge in [0.1, 0.15) is 10.8 Å². The van der Waals surface area contributed by atoms with Crippen molar-refractivity contribution >= 4 is 33.3 Å². The van der Waals surface area contributed by atoms with E-state index in [-0.39, 0.29) is 0 Å². The summed E-state index contributed by atoms with van der Waals surface area (Å²) in [6, 6.07) is 16.3. The van der Waals surface area contributed by atoms with Gasteiger partial charge in [-0.1, -0.05) is 37.2 Å². The number of unbranched alkanes of at least 4 members (excludes halogenated alkanes) is 1. The van der Waals surface area contributed by atoms with E-state index in [1.807, 2.05) is 30.3 Å².